The quantitative estimate of drug-likeness (QED) is 0.178. The van der Waals surface area contributed by atoms with Gasteiger partial charge >= 0.3 is 6.18 Å². The normalized spacial score (nSPS) is 11.9. The summed E-state index contributed by atoms with van der Waals surface area (Å²) in [6.45, 7) is 10.3. The molecular formula is C30H29F4N3O. The molecule has 4 aromatic rings. The first-order valence-electron chi connectivity index (χ1n) is 12.1. The molecule has 0 saturated carbocycles. The van der Waals surface area contributed by atoms with E-state index in [2.05, 4.69) is 16.8 Å². The number of H-pyrrole nitrogens is 1. The van der Waals surface area contributed by atoms with Gasteiger partial charge in [-0.05, 0) is 67.8 Å². The van der Waals surface area contributed by atoms with Crippen LogP contribution in [0.2, 0.25) is 0 Å². The van der Waals surface area contributed by atoms with E-state index in [4.69, 9.17) is 4.74 Å². The lowest BCUT2D eigenvalue weighted by atomic mass is 10.1. The summed E-state index contributed by atoms with van der Waals surface area (Å²) in [4.78, 5) is 1.91. The van der Waals surface area contributed by atoms with Gasteiger partial charge in [0, 0.05) is 24.7 Å². The largest absolute Gasteiger partial charge is 0.484 e. The van der Waals surface area contributed by atoms with E-state index in [0.717, 1.165) is 29.0 Å². The Labute approximate surface area is 219 Å². The average Bonchev–Trinajstić information content (AvgIpc) is 3.36. The average molecular weight is 524 g/mol. The van der Waals surface area contributed by atoms with Crippen molar-refractivity contribution in [2.45, 2.75) is 45.6 Å². The maximum atomic E-state index is 14.5. The summed E-state index contributed by atoms with van der Waals surface area (Å²) in [6.07, 6.45) is -2.67. The van der Waals surface area contributed by atoms with Crippen LogP contribution in [-0.4, -0.2) is 15.8 Å². The first-order chi connectivity index (χ1) is 17.9. The van der Waals surface area contributed by atoms with Crippen LogP contribution >= 0.6 is 0 Å². The predicted molar refractivity (Wildman–Crippen MR) is 141 cm³/mol. The lowest BCUT2D eigenvalue weighted by Gasteiger charge is -2.25. The van der Waals surface area contributed by atoms with Crippen molar-refractivity contribution in [1.82, 2.24) is 10.2 Å². The third-order valence-corrected chi connectivity index (χ3v) is 6.21. The molecule has 198 valence electrons. The van der Waals surface area contributed by atoms with Gasteiger partial charge in [0.15, 0.2) is 5.82 Å². The number of halogens is 4. The van der Waals surface area contributed by atoms with Crippen LogP contribution in [0.5, 0.6) is 5.75 Å². The number of hydrogen-bond donors (Lipinski definition) is 1. The van der Waals surface area contributed by atoms with Crippen molar-refractivity contribution in [2.24, 2.45) is 0 Å². The zero-order valence-electron chi connectivity index (χ0n) is 21.4. The summed E-state index contributed by atoms with van der Waals surface area (Å²) in [7, 11) is 0. The Morgan fingerprint density at radius 1 is 0.974 bits per heavy atom. The third kappa shape index (κ3) is 6.43. The molecule has 3 aromatic carbocycles. The number of nitrogens with one attached hydrogen (secondary N) is 1. The summed E-state index contributed by atoms with van der Waals surface area (Å²) in [5.41, 5.74) is 2.27. The molecule has 4 nitrogen and oxygen atoms in total. The molecule has 0 bridgehead atoms. The van der Waals surface area contributed by atoms with E-state index in [0.29, 0.717) is 29.2 Å². The van der Waals surface area contributed by atoms with Gasteiger partial charge in [-0.25, -0.2) is 4.39 Å². The summed E-state index contributed by atoms with van der Waals surface area (Å²) < 4.78 is 59.5. The van der Waals surface area contributed by atoms with Crippen LogP contribution in [0, 0.1) is 12.7 Å². The summed E-state index contributed by atoms with van der Waals surface area (Å²) in [5.74, 6) is 0.945. The van der Waals surface area contributed by atoms with Crippen LogP contribution in [0.3, 0.4) is 0 Å². The fraction of sp³-hybridized carbons (Fsp3) is 0.233. The molecule has 4 rings (SSSR count). The Morgan fingerprint density at radius 3 is 2.32 bits per heavy atom. The van der Waals surface area contributed by atoms with Gasteiger partial charge in [-0.1, -0.05) is 49.0 Å². The molecule has 0 amide bonds. The molecular weight excluding hydrogens is 494 g/mol. The van der Waals surface area contributed by atoms with E-state index >= 15 is 0 Å². The molecule has 1 aromatic heterocycles. The van der Waals surface area contributed by atoms with E-state index < -0.39 is 17.3 Å². The number of anilines is 1. The van der Waals surface area contributed by atoms with E-state index in [1.54, 1.807) is 30.3 Å². The molecule has 0 aliphatic heterocycles. The number of aromatic nitrogens is 2. The van der Waals surface area contributed by atoms with Crippen LogP contribution in [0.4, 0.5) is 23.4 Å². The summed E-state index contributed by atoms with van der Waals surface area (Å²) in [5, 5.41) is 7.31. The molecule has 38 heavy (non-hydrogen) atoms. The highest BCUT2D eigenvalue weighted by Gasteiger charge is 2.30. The molecule has 0 atom stereocenters. The first kappa shape index (κ1) is 27.0. The van der Waals surface area contributed by atoms with E-state index in [1.807, 2.05) is 43.9 Å². The summed E-state index contributed by atoms with van der Waals surface area (Å²) >= 11 is 0. The monoisotopic (exact) mass is 523 g/mol. The van der Waals surface area contributed by atoms with Gasteiger partial charge in [-0.3, -0.25) is 5.10 Å². The molecule has 8 heteroatoms. The molecule has 0 fully saturated rings. The minimum Gasteiger partial charge on any atom is -0.484 e. The third-order valence-electron chi connectivity index (χ3n) is 6.21. The van der Waals surface area contributed by atoms with Crippen LogP contribution in [-0.2, 0) is 19.3 Å². The van der Waals surface area contributed by atoms with Crippen LogP contribution < -0.4 is 9.64 Å². The second-order valence-corrected chi connectivity index (χ2v) is 9.67. The van der Waals surface area contributed by atoms with Crippen molar-refractivity contribution in [3.63, 3.8) is 0 Å². The van der Waals surface area contributed by atoms with Gasteiger partial charge in [0.05, 0.1) is 11.3 Å². The van der Waals surface area contributed by atoms with Gasteiger partial charge in [0.2, 0.25) is 0 Å². The van der Waals surface area contributed by atoms with Gasteiger partial charge < -0.3 is 9.64 Å². The number of nitrogens with zero attached hydrogens (tertiary/aromatic N) is 2. The molecule has 0 spiro atoms. The Balaban J connectivity index is 1.62. The number of aromatic amines is 1. The Hall–Kier alpha value is -4.07. The second-order valence-electron chi connectivity index (χ2n) is 9.67. The van der Waals surface area contributed by atoms with E-state index in [9.17, 15) is 17.6 Å². The molecule has 1 N–H and O–H groups in total. The first-order valence-corrected chi connectivity index (χ1v) is 12.1. The number of benzene rings is 3. The molecule has 0 radical (unpaired) electrons. The van der Waals surface area contributed by atoms with Gasteiger partial charge in [0.25, 0.3) is 0 Å². The fourth-order valence-corrected chi connectivity index (χ4v) is 3.98. The maximum Gasteiger partial charge on any atom is 0.416 e. The smallest absolute Gasteiger partial charge is 0.416 e. The highest BCUT2D eigenvalue weighted by molar-refractivity contribution is 5.63. The maximum absolute atomic E-state index is 14.5. The van der Waals surface area contributed by atoms with Crippen LogP contribution in [0.1, 0.15) is 36.1 Å². The number of rotatable bonds is 9. The fourth-order valence-electron chi connectivity index (χ4n) is 3.98. The SMILES string of the molecule is C=CC(C)(C)Oc1ccc(CN(Cc2ccccc2F)c2cc(-c3ccc(C(F)(F)F)cc3)[nH]n2)cc1C. The van der Waals surface area contributed by atoms with Crippen molar-refractivity contribution in [2.75, 3.05) is 4.90 Å². The van der Waals surface area contributed by atoms with Gasteiger partial charge in [-0.15, -0.1) is 0 Å². The van der Waals surface area contributed by atoms with Crippen molar-refractivity contribution >= 4 is 5.82 Å². The topological polar surface area (TPSA) is 41.1 Å². The second kappa shape index (κ2) is 10.7. The standard InChI is InChI=1S/C30H29F4N3O/c1-5-29(3,4)38-27-15-10-21(16-20(27)2)18-37(19-23-8-6-7-9-25(23)31)28-17-26(35-36-28)22-11-13-24(14-12-22)30(32,33)34/h5-17H,1,18-19H2,2-4H3,(H,35,36). The van der Waals surface area contributed by atoms with Crippen molar-refractivity contribution in [3.8, 4) is 17.0 Å². The minimum absolute atomic E-state index is 0.241. The molecule has 0 aliphatic rings. The highest BCUT2D eigenvalue weighted by Crippen LogP contribution is 2.32. The minimum atomic E-state index is -4.41. The lowest BCUT2D eigenvalue weighted by Crippen LogP contribution is -2.25. The zero-order chi connectivity index (χ0) is 27.5. The molecule has 1 heterocycles. The number of hydrogen-bond acceptors (Lipinski definition) is 3. The number of ether oxygens (including phenoxy) is 1. The molecule has 0 unspecified atom stereocenters. The van der Waals surface area contributed by atoms with Crippen molar-refractivity contribution < 1.29 is 22.3 Å². The Kier molecular flexibility index (Phi) is 7.62. The Morgan fingerprint density at radius 2 is 1.68 bits per heavy atom. The van der Waals surface area contributed by atoms with Crippen molar-refractivity contribution in [1.29, 1.82) is 0 Å². The number of alkyl halides is 3. The van der Waals surface area contributed by atoms with Gasteiger partial charge in [0.1, 0.15) is 17.2 Å². The van der Waals surface area contributed by atoms with E-state index in [-0.39, 0.29) is 12.4 Å². The molecule has 0 saturated heterocycles. The molecule has 0 aliphatic carbocycles. The van der Waals surface area contributed by atoms with Crippen LogP contribution in [0.15, 0.2) is 85.5 Å². The van der Waals surface area contributed by atoms with Gasteiger partial charge in [-0.2, -0.15) is 18.3 Å². The summed E-state index contributed by atoms with van der Waals surface area (Å²) in [6, 6.07) is 19.0. The number of aryl methyl sites for hydroxylation is 1. The Bertz CT molecular complexity index is 1410. The zero-order valence-corrected chi connectivity index (χ0v) is 21.4. The predicted octanol–water partition coefficient (Wildman–Crippen LogP) is 8.09. The van der Waals surface area contributed by atoms with Crippen molar-refractivity contribution in [3.05, 3.63) is 114 Å². The van der Waals surface area contributed by atoms with Crippen LogP contribution in [0.25, 0.3) is 11.3 Å². The highest BCUT2D eigenvalue weighted by atomic mass is 19.4. The van der Waals surface area contributed by atoms with E-state index in [1.165, 1.54) is 18.2 Å². The lowest BCUT2D eigenvalue weighted by molar-refractivity contribution is -0.137.